The highest BCUT2D eigenvalue weighted by Gasteiger charge is 2.31. The average Bonchev–Trinajstić information content (AvgIpc) is 2.84. The molecule has 188 valence electrons. The highest BCUT2D eigenvalue weighted by atomic mass is 16.5. The molecule has 0 spiro atoms. The standard InChI is InChI=1S/C30H44O4/c1-8-29(33,9-2)18-23(7)27-14-12-24(16-21(27)5)30(10-3,11-4)25-13-15-28(22(6)17-25)34-20-26(32)19-31/h12-18,26,31-33H,8-11,19-20H2,1-7H3/b23-18+. The van der Waals surface area contributed by atoms with Crippen LogP contribution in [0, 0.1) is 13.8 Å². The minimum atomic E-state index is -0.880. The zero-order valence-corrected chi connectivity index (χ0v) is 22.1. The third-order valence-corrected chi connectivity index (χ3v) is 7.49. The summed E-state index contributed by atoms with van der Waals surface area (Å²) in [6, 6.07) is 13.0. The van der Waals surface area contributed by atoms with Gasteiger partial charge >= 0.3 is 0 Å². The number of aliphatic hydroxyl groups excluding tert-OH is 2. The third kappa shape index (κ3) is 6.10. The summed E-state index contributed by atoms with van der Waals surface area (Å²) in [5.74, 6) is 0.726. The second-order valence-corrected chi connectivity index (χ2v) is 9.58. The van der Waals surface area contributed by atoms with Gasteiger partial charge in [0.05, 0.1) is 12.2 Å². The SMILES string of the molecule is CCC(O)(/C=C(\C)c1ccc(C(CC)(CC)c2ccc(OCC(O)CO)c(C)c2)cc1C)CC. The lowest BCUT2D eigenvalue weighted by Crippen LogP contribution is -2.27. The molecule has 0 saturated heterocycles. The normalized spacial score (nSPS) is 13.8. The van der Waals surface area contributed by atoms with E-state index in [9.17, 15) is 10.2 Å². The van der Waals surface area contributed by atoms with Crippen molar-refractivity contribution < 1.29 is 20.1 Å². The van der Waals surface area contributed by atoms with E-state index in [1.54, 1.807) is 0 Å². The summed E-state index contributed by atoms with van der Waals surface area (Å²) in [6.07, 6.45) is 4.46. The number of hydrogen-bond acceptors (Lipinski definition) is 4. The van der Waals surface area contributed by atoms with E-state index in [-0.39, 0.29) is 18.6 Å². The molecule has 4 nitrogen and oxygen atoms in total. The molecule has 34 heavy (non-hydrogen) atoms. The Labute approximate surface area is 206 Å². The highest BCUT2D eigenvalue weighted by Crippen LogP contribution is 2.41. The molecule has 1 atom stereocenters. The largest absolute Gasteiger partial charge is 0.491 e. The maximum Gasteiger partial charge on any atom is 0.122 e. The first-order valence-electron chi connectivity index (χ1n) is 12.7. The van der Waals surface area contributed by atoms with Gasteiger partial charge in [0.2, 0.25) is 0 Å². The first-order chi connectivity index (χ1) is 16.1. The molecule has 0 radical (unpaired) electrons. The van der Waals surface area contributed by atoms with Crippen LogP contribution in [0.5, 0.6) is 5.75 Å². The smallest absolute Gasteiger partial charge is 0.122 e. The van der Waals surface area contributed by atoms with Gasteiger partial charge in [-0.2, -0.15) is 0 Å². The molecule has 1 unspecified atom stereocenters. The fourth-order valence-corrected chi connectivity index (χ4v) is 4.92. The number of allylic oxidation sites excluding steroid dienone is 1. The van der Waals surface area contributed by atoms with Gasteiger partial charge in [-0.25, -0.2) is 0 Å². The van der Waals surface area contributed by atoms with Crippen LogP contribution in [0.15, 0.2) is 42.5 Å². The number of aliphatic hydroxyl groups is 3. The molecule has 2 rings (SSSR count). The molecular weight excluding hydrogens is 424 g/mol. The van der Waals surface area contributed by atoms with Crippen LogP contribution < -0.4 is 4.74 Å². The van der Waals surface area contributed by atoms with Gasteiger partial charge in [-0.15, -0.1) is 0 Å². The quantitative estimate of drug-likeness (QED) is 0.352. The van der Waals surface area contributed by atoms with E-state index in [0.29, 0.717) is 12.8 Å². The minimum Gasteiger partial charge on any atom is -0.491 e. The Hall–Kier alpha value is -2.14. The molecule has 0 amide bonds. The Morgan fingerprint density at radius 2 is 1.47 bits per heavy atom. The summed E-state index contributed by atoms with van der Waals surface area (Å²) in [5, 5.41) is 29.4. The second-order valence-electron chi connectivity index (χ2n) is 9.58. The molecule has 3 N–H and O–H groups in total. The lowest BCUT2D eigenvalue weighted by Gasteiger charge is -2.34. The van der Waals surface area contributed by atoms with Crippen LogP contribution in [-0.2, 0) is 5.41 Å². The van der Waals surface area contributed by atoms with Gasteiger partial charge in [-0.1, -0.05) is 58.0 Å². The number of rotatable bonds is 12. The molecular formula is C30H44O4. The van der Waals surface area contributed by atoms with E-state index in [1.807, 2.05) is 32.9 Å². The van der Waals surface area contributed by atoms with E-state index in [0.717, 1.165) is 29.7 Å². The maximum atomic E-state index is 10.8. The molecule has 0 aromatic heterocycles. The average molecular weight is 469 g/mol. The minimum absolute atomic E-state index is 0.0715. The monoisotopic (exact) mass is 468 g/mol. The van der Waals surface area contributed by atoms with E-state index >= 15 is 0 Å². The first kappa shape index (κ1) is 28.1. The molecule has 0 aliphatic carbocycles. The van der Waals surface area contributed by atoms with Gasteiger partial charge in [-0.3, -0.25) is 0 Å². The predicted molar refractivity (Wildman–Crippen MR) is 141 cm³/mol. The second kappa shape index (κ2) is 12.0. The van der Waals surface area contributed by atoms with Crippen molar-refractivity contribution in [2.45, 2.75) is 91.3 Å². The van der Waals surface area contributed by atoms with Gasteiger partial charge in [0.1, 0.15) is 18.5 Å². The molecule has 0 aliphatic heterocycles. The van der Waals surface area contributed by atoms with Crippen LogP contribution in [0.2, 0.25) is 0 Å². The summed E-state index contributed by atoms with van der Waals surface area (Å²) >= 11 is 0. The van der Waals surface area contributed by atoms with Crippen LogP contribution in [-0.4, -0.2) is 40.2 Å². The van der Waals surface area contributed by atoms with E-state index in [1.165, 1.54) is 22.3 Å². The summed E-state index contributed by atoms with van der Waals surface area (Å²) in [6.45, 7) is 14.5. The number of aryl methyl sites for hydroxylation is 2. The van der Waals surface area contributed by atoms with Crippen LogP contribution >= 0.6 is 0 Å². The predicted octanol–water partition coefficient (Wildman–Crippen LogP) is 6.10. The Balaban J connectivity index is 2.45. The number of ether oxygens (including phenoxy) is 1. The summed E-state index contributed by atoms with van der Waals surface area (Å²) in [7, 11) is 0. The lowest BCUT2D eigenvalue weighted by atomic mass is 9.69. The van der Waals surface area contributed by atoms with Gasteiger partial charge in [-0.05, 0) is 92.0 Å². The van der Waals surface area contributed by atoms with E-state index in [4.69, 9.17) is 9.84 Å². The van der Waals surface area contributed by atoms with Crippen LogP contribution in [0.4, 0.5) is 0 Å². The molecule has 4 heteroatoms. The first-order valence-corrected chi connectivity index (χ1v) is 12.7. The van der Waals surface area contributed by atoms with Crippen molar-refractivity contribution in [1.82, 2.24) is 0 Å². The Bertz CT molecular complexity index is 968. The van der Waals surface area contributed by atoms with Gasteiger partial charge < -0.3 is 20.1 Å². The van der Waals surface area contributed by atoms with Crippen molar-refractivity contribution in [3.63, 3.8) is 0 Å². The zero-order chi connectivity index (χ0) is 25.5. The molecule has 0 bridgehead atoms. The Kier molecular flexibility index (Phi) is 9.93. The van der Waals surface area contributed by atoms with Crippen LogP contribution in [0.25, 0.3) is 5.57 Å². The van der Waals surface area contributed by atoms with Crippen molar-refractivity contribution in [2.24, 2.45) is 0 Å². The van der Waals surface area contributed by atoms with E-state index < -0.39 is 11.7 Å². The summed E-state index contributed by atoms with van der Waals surface area (Å²) < 4.78 is 5.71. The van der Waals surface area contributed by atoms with Crippen LogP contribution in [0.1, 0.15) is 88.1 Å². The summed E-state index contributed by atoms with van der Waals surface area (Å²) in [4.78, 5) is 0. The van der Waals surface area contributed by atoms with Crippen molar-refractivity contribution in [3.05, 3.63) is 70.3 Å². The molecule has 0 fully saturated rings. The fraction of sp³-hybridized carbons (Fsp3) is 0.533. The van der Waals surface area contributed by atoms with Crippen LogP contribution in [0.3, 0.4) is 0 Å². The third-order valence-electron chi connectivity index (χ3n) is 7.49. The van der Waals surface area contributed by atoms with Gasteiger partial charge in [0, 0.05) is 5.41 Å². The lowest BCUT2D eigenvalue weighted by molar-refractivity contribution is 0.0534. The van der Waals surface area contributed by atoms with Crippen molar-refractivity contribution in [1.29, 1.82) is 0 Å². The number of hydrogen-bond donors (Lipinski definition) is 3. The highest BCUT2D eigenvalue weighted by molar-refractivity contribution is 5.68. The van der Waals surface area contributed by atoms with Gasteiger partial charge in [0.25, 0.3) is 0 Å². The molecule has 2 aromatic rings. The molecule has 0 aliphatic rings. The Morgan fingerprint density at radius 1 is 0.912 bits per heavy atom. The zero-order valence-electron chi connectivity index (χ0n) is 22.1. The maximum absolute atomic E-state index is 10.8. The van der Waals surface area contributed by atoms with Crippen molar-refractivity contribution in [2.75, 3.05) is 13.2 Å². The Morgan fingerprint density at radius 3 is 1.94 bits per heavy atom. The summed E-state index contributed by atoms with van der Waals surface area (Å²) in [5.41, 5.74) is 6.15. The fourth-order valence-electron chi connectivity index (χ4n) is 4.92. The molecule has 2 aromatic carbocycles. The molecule has 0 heterocycles. The molecule has 0 saturated carbocycles. The van der Waals surface area contributed by atoms with Crippen molar-refractivity contribution >= 4 is 5.57 Å². The number of benzene rings is 2. The van der Waals surface area contributed by atoms with Crippen molar-refractivity contribution in [3.8, 4) is 5.75 Å². The van der Waals surface area contributed by atoms with Gasteiger partial charge in [0.15, 0.2) is 0 Å². The topological polar surface area (TPSA) is 69.9 Å². The van der Waals surface area contributed by atoms with E-state index in [2.05, 4.69) is 58.0 Å².